The first-order valence-corrected chi connectivity index (χ1v) is 8.16. The number of carbonyl (C=O) groups excluding carboxylic acids is 2. The standard InChI is InChI=1S/C14H16ClNO4S/c1-21-7-6-14(8-19-9-20-13(14)18)16-12(17)10-2-4-11(15)5-3-10/h2-5H,6-9H2,1H3,(H,16,17). The molecular formula is C14H16ClNO4S. The van der Waals surface area contributed by atoms with Gasteiger partial charge in [-0.1, -0.05) is 11.6 Å². The summed E-state index contributed by atoms with van der Waals surface area (Å²) in [5.41, 5.74) is -0.695. The fraction of sp³-hybridized carbons (Fsp3) is 0.429. The predicted molar refractivity (Wildman–Crippen MR) is 81.6 cm³/mol. The van der Waals surface area contributed by atoms with Crippen molar-refractivity contribution in [1.82, 2.24) is 5.32 Å². The summed E-state index contributed by atoms with van der Waals surface area (Å²) in [6.07, 6.45) is 2.38. The minimum Gasteiger partial charge on any atom is -0.437 e. The van der Waals surface area contributed by atoms with Crippen LogP contribution in [-0.4, -0.2) is 42.8 Å². The van der Waals surface area contributed by atoms with Crippen LogP contribution in [0.15, 0.2) is 24.3 Å². The van der Waals surface area contributed by atoms with E-state index in [9.17, 15) is 9.59 Å². The number of benzene rings is 1. The number of halogens is 1. The van der Waals surface area contributed by atoms with Gasteiger partial charge in [0.2, 0.25) is 0 Å². The van der Waals surface area contributed by atoms with Crippen LogP contribution in [0.1, 0.15) is 16.8 Å². The maximum Gasteiger partial charge on any atom is 0.336 e. The van der Waals surface area contributed by atoms with Crippen molar-refractivity contribution < 1.29 is 19.1 Å². The Labute approximate surface area is 132 Å². The number of carbonyl (C=O) groups is 2. The van der Waals surface area contributed by atoms with Gasteiger partial charge in [0.05, 0.1) is 6.61 Å². The molecule has 1 aliphatic rings. The lowest BCUT2D eigenvalue weighted by atomic mass is 9.96. The summed E-state index contributed by atoms with van der Waals surface area (Å²) >= 11 is 7.39. The first kappa shape index (κ1) is 16.1. The summed E-state index contributed by atoms with van der Waals surface area (Å²) in [4.78, 5) is 24.4. The van der Waals surface area contributed by atoms with E-state index in [4.69, 9.17) is 21.1 Å². The summed E-state index contributed by atoms with van der Waals surface area (Å²) in [5, 5.41) is 3.30. The Balaban J connectivity index is 2.16. The number of ether oxygens (including phenoxy) is 2. The highest BCUT2D eigenvalue weighted by Gasteiger charge is 2.44. The van der Waals surface area contributed by atoms with Crippen LogP contribution < -0.4 is 5.32 Å². The summed E-state index contributed by atoms with van der Waals surface area (Å²) in [6, 6.07) is 6.46. The van der Waals surface area contributed by atoms with Crippen molar-refractivity contribution in [3.8, 4) is 0 Å². The largest absolute Gasteiger partial charge is 0.437 e. The highest BCUT2D eigenvalue weighted by molar-refractivity contribution is 7.98. The van der Waals surface area contributed by atoms with Crippen molar-refractivity contribution in [1.29, 1.82) is 0 Å². The maximum atomic E-state index is 12.3. The Bertz CT molecular complexity index is 522. The van der Waals surface area contributed by atoms with Gasteiger partial charge in [-0.15, -0.1) is 0 Å². The molecule has 1 aromatic carbocycles. The Morgan fingerprint density at radius 2 is 2.14 bits per heavy atom. The smallest absolute Gasteiger partial charge is 0.336 e. The molecule has 0 saturated carbocycles. The van der Waals surface area contributed by atoms with Crippen LogP contribution in [0.3, 0.4) is 0 Å². The number of thioether (sulfide) groups is 1. The maximum absolute atomic E-state index is 12.3. The summed E-state index contributed by atoms with van der Waals surface area (Å²) in [6.45, 7) is 0.0440. The Kier molecular flexibility index (Phi) is 5.50. The van der Waals surface area contributed by atoms with E-state index < -0.39 is 11.5 Å². The molecule has 7 heteroatoms. The molecule has 1 aliphatic heterocycles. The molecule has 0 aliphatic carbocycles. The molecule has 1 N–H and O–H groups in total. The van der Waals surface area contributed by atoms with Crippen LogP contribution >= 0.6 is 23.4 Å². The number of nitrogens with one attached hydrogen (secondary N) is 1. The van der Waals surface area contributed by atoms with Gasteiger partial charge in [-0.3, -0.25) is 4.79 Å². The third kappa shape index (κ3) is 3.90. The number of esters is 1. The van der Waals surface area contributed by atoms with Crippen molar-refractivity contribution in [2.75, 3.05) is 25.4 Å². The van der Waals surface area contributed by atoms with E-state index in [2.05, 4.69) is 5.32 Å². The molecule has 0 bridgehead atoms. The zero-order valence-corrected chi connectivity index (χ0v) is 13.1. The molecule has 1 atom stereocenters. The second kappa shape index (κ2) is 7.15. The zero-order chi connectivity index (χ0) is 15.3. The number of hydrogen-bond acceptors (Lipinski definition) is 5. The topological polar surface area (TPSA) is 64.6 Å². The van der Waals surface area contributed by atoms with Gasteiger partial charge in [-0.2, -0.15) is 11.8 Å². The summed E-state index contributed by atoms with van der Waals surface area (Å²) in [7, 11) is 0. The minimum atomic E-state index is -1.13. The van der Waals surface area contributed by atoms with Gasteiger partial charge in [0, 0.05) is 10.6 Å². The highest BCUT2D eigenvalue weighted by Crippen LogP contribution is 2.21. The summed E-state index contributed by atoms with van der Waals surface area (Å²) < 4.78 is 10.2. The molecule has 1 saturated heterocycles. The molecule has 2 rings (SSSR count). The van der Waals surface area contributed by atoms with E-state index in [1.54, 1.807) is 36.0 Å². The van der Waals surface area contributed by atoms with Gasteiger partial charge in [0.15, 0.2) is 12.3 Å². The third-order valence-corrected chi connectivity index (χ3v) is 4.07. The van der Waals surface area contributed by atoms with Crippen molar-refractivity contribution >= 4 is 35.2 Å². The zero-order valence-electron chi connectivity index (χ0n) is 11.6. The molecule has 0 spiro atoms. The van der Waals surface area contributed by atoms with E-state index in [-0.39, 0.29) is 19.3 Å². The number of hydrogen-bond donors (Lipinski definition) is 1. The van der Waals surface area contributed by atoms with Crippen LogP contribution in [-0.2, 0) is 14.3 Å². The van der Waals surface area contributed by atoms with Gasteiger partial charge in [0.25, 0.3) is 5.91 Å². The average molecular weight is 330 g/mol. The number of cyclic esters (lactones) is 1. The average Bonchev–Trinajstić information content (AvgIpc) is 2.48. The third-order valence-electron chi connectivity index (χ3n) is 3.20. The highest BCUT2D eigenvalue weighted by atomic mass is 35.5. The number of rotatable bonds is 5. The van der Waals surface area contributed by atoms with E-state index in [0.29, 0.717) is 22.8 Å². The molecule has 21 heavy (non-hydrogen) atoms. The molecule has 5 nitrogen and oxygen atoms in total. The lowest BCUT2D eigenvalue weighted by molar-refractivity contribution is -0.185. The molecular weight excluding hydrogens is 314 g/mol. The quantitative estimate of drug-likeness (QED) is 0.838. The molecule has 1 fully saturated rings. The fourth-order valence-corrected chi connectivity index (χ4v) is 2.68. The SMILES string of the molecule is CSCCC1(NC(=O)c2ccc(Cl)cc2)COCOC1=O. The molecule has 0 radical (unpaired) electrons. The van der Waals surface area contributed by atoms with Gasteiger partial charge >= 0.3 is 5.97 Å². The van der Waals surface area contributed by atoms with Crippen molar-refractivity contribution in [3.63, 3.8) is 0 Å². The summed E-state index contributed by atoms with van der Waals surface area (Å²) in [5.74, 6) is -0.0976. The fourth-order valence-electron chi connectivity index (χ4n) is 2.00. The van der Waals surface area contributed by atoms with Crippen molar-refractivity contribution in [3.05, 3.63) is 34.9 Å². The van der Waals surface area contributed by atoms with Gasteiger partial charge in [-0.05, 0) is 42.7 Å². The first-order valence-electron chi connectivity index (χ1n) is 6.39. The van der Waals surface area contributed by atoms with Gasteiger partial charge < -0.3 is 14.8 Å². The van der Waals surface area contributed by atoms with Crippen molar-refractivity contribution in [2.24, 2.45) is 0 Å². The Morgan fingerprint density at radius 1 is 1.43 bits per heavy atom. The Morgan fingerprint density at radius 3 is 2.76 bits per heavy atom. The van der Waals surface area contributed by atoms with Crippen LogP contribution in [0.25, 0.3) is 0 Å². The van der Waals surface area contributed by atoms with Gasteiger partial charge in [-0.25, -0.2) is 4.79 Å². The molecule has 1 unspecified atom stereocenters. The molecule has 1 heterocycles. The van der Waals surface area contributed by atoms with E-state index in [0.717, 1.165) is 0 Å². The van der Waals surface area contributed by atoms with Crippen LogP contribution in [0.5, 0.6) is 0 Å². The molecule has 1 amide bonds. The van der Waals surface area contributed by atoms with Crippen LogP contribution in [0, 0.1) is 0 Å². The van der Waals surface area contributed by atoms with E-state index in [1.807, 2.05) is 6.26 Å². The minimum absolute atomic E-state index is 0.0728. The van der Waals surface area contributed by atoms with Crippen molar-refractivity contribution in [2.45, 2.75) is 12.0 Å². The second-order valence-corrected chi connectivity index (χ2v) is 6.11. The lowest BCUT2D eigenvalue weighted by Crippen LogP contribution is -2.61. The molecule has 1 aromatic rings. The normalized spacial score (nSPS) is 21.7. The molecule has 114 valence electrons. The Hall–Kier alpha value is -1.24. The lowest BCUT2D eigenvalue weighted by Gasteiger charge is -2.35. The monoisotopic (exact) mass is 329 g/mol. The molecule has 0 aromatic heterocycles. The van der Waals surface area contributed by atoms with Gasteiger partial charge in [0.1, 0.15) is 0 Å². The second-order valence-electron chi connectivity index (χ2n) is 4.68. The van der Waals surface area contributed by atoms with E-state index in [1.165, 1.54) is 0 Å². The predicted octanol–water partition coefficient (Wildman–Crippen LogP) is 2.09. The first-order chi connectivity index (χ1) is 10.1. The van der Waals surface area contributed by atoms with E-state index >= 15 is 0 Å². The van der Waals surface area contributed by atoms with Crippen LogP contribution in [0.2, 0.25) is 5.02 Å². The number of amides is 1. The van der Waals surface area contributed by atoms with Crippen LogP contribution in [0.4, 0.5) is 0 Å².